The molecule has 0 atom stereocenters. The van der Waals surface area contributed by atoms with Crippen molar-refractivity contribution in [2.24, 2.45) is 0 Å². The van der Waals surface area contributed by atoms with Crippen LogP contribution in [0.3, 0.4) is 0 Å². The van der Waals surface area contributed by atoms with Crippen LogP contribution in [0.1, 0.15) is 19.8 Å². The first-order valence-electron chi connectivity index (χ1n) is 7.59. The minimum atomic E-state index is -0.0463. The molecule has 0 aliphatic heterocycles. The fourth-order valence-corrected chi connectivity index (χ4v) is 2.42. The van der Waals surface area contributed by atoms with Crippen LogP contribution in [0.4, 0.5) is 5.69 Å². The lowest BCUT2D eigenvalue weighted by atomic mass is 10.2. The van der Waals surface area contributed by atoms with Crippen LogP contribution in [-0.2, 0) is 4.79 Å². The fourth-order valence-electron chi connectivity index (χ4n) is 2.04. The smallest absolute Gasteiger partial charge is 0.224 e. The average molecular weight is 378 g/mol. The van der Waals surface area contributed by atoms with Crippen molar-refractivity contribution in [2.45, 2.75) is 19.8 Å². The van der Waals surface area contributed by atoms with E-state index in [-0.39, 0.29) is 5.91 Å². The highest BCUT2D eigenvalue weighted by Crippen LogP contribution is 2.24. The summed E-state index contributed by atoms with van der Waals surface area (Å²) in [6, 6.07) is 15.1. The van der Waals surface area contributed by atoms with Crippen LogP contribution < -0.4 is 14.8 Å². The fraction of sp³-hybridized carbons (Fsp3) is 0.278. The van der Waals surface area contributed by atoms with E-state index < -0.39 is 0 Å². The summed E-state index contributed by atoms with van der Waals surface area (Å²) in [7, 11) is 0. The Balaban J connectivity index is 1.75. The van der Waals surface area contributed by atoms with Crippen LogP contribution in [0.5, 0.6) is 11.5 Å². The minimum absolute atomic E-state index is 0.0463. The van der Waals surface area contributed by atoms with Crippen LogP contribution >= 0.6 is 15.9 Å². The van der Waals surface area contributed by atoms with Crippen LogP contribution in [0.2, 0.25) is 0 Å². The summed E-state index contributed by atoms with van der Waals surface area (Å²) in [5, 5.41) is 2.88. The van der Waals surface area contributed by atoms with Crippen LogP contribution in [0.15, 0.2) is 53.0 Å². The van der Waals surface area contributed by atoms with Crippen LogP contribution in [0.25, 0.3) is 0 Å². The van der Waals surface area contributed by atoms with Gasteiger partial charge in [0.1, 0.15) is 11.5 Å². The first-order chi connectivity index (χ1) is 11.2. The van der Waals surface area contributed by atoms with Crippen LogP contribution in [0, 0.1) is 0 Å². The van der Waals surface area contributed by atoms with Gasteiger partial charge in [0.15, 0.2) is 0 Å². The van der Waals surface area contributed by atoms with Gasteiger partial charge in [-0.2, -0.15) is 0 Å². The molecule has 1 amide bonds. The van der Waals surface area contributed by atoms with Crippen molar-refractivity contribution in [3.05, 3.63) is 53.0 Å². The summed E-state index contributed by atoms with van der Waals surface area (Å²) in [6.07, 6.45) is 1.05. The third-order valence-electron chi connectivity index (χ3n) is 3.07. The second-order valence-electron chi connectivity index (χ2n) is 4.89. The number of hydrogen-bond donors (Lipinski definition) is 1. The zero-order valence-corrected chi connectivity index (χ0v) is 14.6. The summed E-state index contributed by atoms with van der Waals surface area (Å²) >= 11 is 3.39. The van der Waals surface area contributed by atoms with E-state index in [0.29, 0.717) is 37.5 Å². The summed E-state index contributed by atoms with van der Waals surface area (Å²) in [4.78, 5) is 12.0. The second kappa shape index (κ2) is 9.20. The Morgan fingerprint density at radius 2 is 1.96 bits per heavy atom. The maximum Gasteiger partial charge on any atom is 0.224 e. The van der Waals surface area contributed by atoms with Crippen LogP contribution in [-0.4, -0.2) is 19.1 Å². The summed E-state index contributed by atoms with van der Waals surface area (Å²) in [6.45, 7) is 2.97. The van der Waals surface area contributed by atoms with Gasteiger partial charge in [-0.3, -0.25) is 4.79 Å². The molecule has 0 aliphatic rings. The van der Waals surface area contributed by atoms with Gasteiger partial charge in [0.2, 0.25) is 5.91 Å². The molecule has 0 unspecified atom stereocenters. The number of carbonyl (C=O) groups is 1. The normalized spacial score (nSPS) is 10.2. The molecule has 2 aromatic rings. The monoisotopic (exact) mass is 377 g/mol. The third kappa shape index (κ3) is 5.94. The highest BCUT2D eigenvalue weighted by molar-refractivity contribution is 9.10. The molecule has 0 bridgehead atoms. The maximum atomic E-state index is 12.0. The molecule has 0 aromatic heterocycles. The topological polar surface area (TPSA) is 47.6 Å². The van der Waals surface area contributed by atoms with Crippen molar-refractivity contribution in [3.8, 4) is 11.5 Å². The molecule has 1 N–H and O–H groups in total. The molecule has 4 nitrogen and oxygen atoms in total. The molecular formula is C18H20BrNO3. The molecule has 0 heterocycles. The number of nitrogens with one attached hydrogen (secondary N) is 1. The van der Waals surface area contributed by atoms with E-state index in [0.717, 1.165) is 10.2 Å². The van der Waals surface area contributed by atoms with Crippen molar-refractivity contribution in [1.82, 2.24) is 0 Å². The van der Waals surface area contributed by atoms with E-state index in [9.17, 15) is 4.79 Å². The highest BCUT2D eigenvalue weighted by atomic mass is 79.9. The lowest BCUT2D eigenvalue weighted by Gasteiger charge is -2.11. The molecule has 0 saturated heterocycles. The molecule has 0 saturated carbocycles. The number of halogens is 1. The van der Waals surface area contributed by atoms with E-state index >= 15 is 0 Å². The predicted molar refractivity (Wildman–Crippen MR) is 95.1 cm³/mol. The number of carbonyl (C=O) groups excluding carboxylic acids is 1. The molecule has 0 spiro atoms. The van der Waals surface area contributed by atoms with Gasteiger partial charge in [-0.25, -0.2) is 0 Å². The number of benzene rings is 2. The zero-order chi connectivity index (χ0) is 16.5. The van der Waals surface area contributed by atoms with Gasteiger partial charge in [0.25, 0.3) is 0 Å². The lowest BCUT2D eigenvalue weighted by molar-refractivity contribution is -0.116. The summed E-state index contributed by atoms with van der Waals surface area (Å²) < 4.78 is 12.1. The van der Waals surface area contributed by atoms with Crippen molar-refractivity contribution >= 4 is 27.5 Å². The summed E-state index contributed by atoms with van der Waals surface area (Å²) in [5.74, 6) is 1.44. The Morgan fingerprint density at radius 1 is 1.13 bits per heavy atom. The molecule has 122 valence electrons. The number of anilines is 1. The van der Waals surface area contributed by atoms with Gasteiger partial charge in [-0.05, 0) is 43.7 Å². The molecular weight excluding hydrogens is 358 g/mol. The van der Waals surface area contributed by atoms with E-state index in [1.807, 2.05) is 55.5 Å². The largest absolute Gasteiger partial charge is 0.494 e. The highest BCUT2D eigenvalue weighted by Gasteiger charge is 2.07. The second-order valence-corrected chi connectivity index (χ2v) is 5.80. The molecule has 5 heteroatoms. The lowest BCUT2D eigenvalue weighted by Crippen LogP contribution is -2.13. The van der Waals surface area contributed by atoms with Crippen molar-refractivity contribution < 1.29 is 14.3 Å². The summed E-state index contributed by atoms with van der Waals surface area (Å²) in [5.41, 5.74) is 0.701. The first-order valence-corrected chi connectivity index (χ1v) is 8.38. The van der Waals surface area contributed by atoms with Crippen molar-refractivity contribution in [2.75, 3.05) is 18.5 Å². The SMILES string of the molecule is CCOc1ccccc1NC(=O)CCCOc1cccc(Br)c1. The maximum absolute atomic E-state index is 12.0. The van der Waals surface area contributed by atoms with Gasteiger partial charge in [0, 0.05) is 10.9 Å². The molecule has 0 aliphatic carbocycles. The Kier molecular flexibility index (Phi) is 6.94. The van der Waals surface area contributed by atoms with Crippen molar-refractivity contribution in [3.63, 3.8) is 0 Å². The van der Waals surface area contributed by atoms with Gasteiger partial charge in [-0.1, -0.05) is 34.1 Å². The number of ether oxygens (including phenoxy) is 2. The minimum Gasteiger partial charge on any atom is -0.494 e. The molecule has 0 fully saturated rings. The Morgan fingerprint density at radius 3 is 2.74 bits per heavy atom. The van der Waals surface area contributed by atoms with Gasteiger partial charge < -0.3 is 14.8 Å². The number of para-hydroxylation sites is 2. The number of amides is 1. The van der Waals surface area contributed by atoms with Gasteiger partial charge >= 0.3 is 0 Å². The Bertz CT molecular complexity index is 646. The predicted octanol–water partition coefficient (Wildman–Crippen LogP) is 4.65. The van der Waals surface area contributed by atoms with Gasteiger partial charge in [0.05, 0.1) is 18.9 Å². The van der Waals surface area contributed by atoms with E-state index in [2.05, 4.69) is 21.2 Å². The average Bonchev–Trinajstić information content (AvgIpc) is 2.54. The van der Waals surface area contributed by atoms with E-state index in [1.54, 1.807) is 0 Å². The third-order valence-corrected chi connectivity index (χ3v) is 3.57. The quantitative estimate of drug-likeness (QED) is 0.681. The molecule has 2 rings (SSSR count). The Hall–Kier alpha value is -2.01. The standard InChI is InChI=1S/C18H20BrNO3/c1-2-22-17-10-4-3-9-16(17)20-18(21)11-6-12-23-15-8-5-7-14(19)13-15/h3-5,7-10,13H,2,6,11-12H2,1H3,(H,20,21). The molecule has 23 heavy (non-hydrogen) atoms. The molecule has 2 aromatic carbocycles. The van der Waals surface area contributed by atoms with E-state index in [4.69, 9.17) is 9.47 Å². The number of hydrogen-bond acceptors (Lipinski definition) is 3. The molecule has 0 radical (unpaired) electrons. The first kappa shape index (κ1) is 17.3. The zero-order valence-electron chi connectivity index (χ0n) is 13.0. The number of rotatable bonds is 8. The van der Waals surface area contributed by atoms with Crippen molar-refractivity contribution in [1.29, 1.82) is 0 Å². The Labute approximate surface area is 144 Å². The van der Waals surface area contributed by atoms with Gasteiger partial charge in [-0.15, -0.1) is 0 Å². The van der Waals surface area contributed by atoms with E-state index in [1.165, 1.54) is 0 Å².